The van der Waals surface area contributed by atoms with Crippen molar-refractivity contribution < 1.29 is 0 Å². The topological polar surface area (TPSA) is 3.24 Å². The summed E-state index contributed by atoms with van der Waals surface area (Å²) in [6, 6.07) is 53.5. The minimum atomic E-state index is 0.373. The number of rotatable bonds is 6. The summed E-state index contributed by atoms with van der Waals surface area (Å²) in [6.07, 6.45) is 17.0. The Bertz CT molecular complexity index is 2470. The van der Waals surface area contributed by atoms with E-state index in [1.54, 1.807) is 0 Å². The highest BCUT2D eigenvalue weighted by atomic mass is 15.1. The lowest BCUT2D eigenvalue weighted by Gasteiger charge is -2.31. The van der Waals surface area contributed by atoms with Crippen LogP contribution in [-0.4, -0.2) is 0 Å². The van der Waals surface area contributed by atoms with Crippen LogP contribution in [0.25, 0.3) is 49.0 Å². The predicted octanol–water partition coefficient (Wildman–Crippen LogP) is 13.3. The molecule has 1 unspecified atom stereocenters. The monoisotopic (exact) mass is 627 g/mol. The maximum absolute atomic E-state index is 2.48. The molecule has 9 rings (SSSR count). The molecule has 7 aromatic rings. The van der Waals surface area contributed by atoms with Crippen LogP contribution in [0.15, 0.2) is 188 Å². The molecule has 2 aliphatic rings. The van der Waals surface area contributed by atoms with Gasteiger partial charge in [0.2, 0.25) is 0 Å². The van der Waals surface area contributed by atoms with Crippen molar-refractivity contribution in [3.63, 3.8) is 0 Å². The quantitative estimate of drug-likeness (QED) is 0.166. The summed E-state index contributed by atoms with van der Waals surface area (Å²) in [7, 11) is 0. The number of nitrogens with zero attached hydrogens (tertiary/aromatic N) is 1. The van der Waals surface area contributed by atoms with Crippen LogP contribution in [0.4, 0.5) is 11.4 Å². The van der Waals surface area contributed by atoms with Crippen LogP contribution in [0.2, 0.25) is 0 Å². The summed E-state index contributed by atoms with van der Waals surface area (Å²) in [5.41, 5.74) is 10.2. The third-order valence-electron chi connectivity index (χ3n) is 10.3. The first-order valence-electron chi connectivity index (χ1n) is 17.4. The van der Waals surface area contributed by atoms with E-state index in [0.29, 0.717) is 5.92 Å². The van der Waals surface area contributed by atoms with E-state index in [-0.39, 0.29) is 0 Å². The molecule has 0 radical (unpaired) electrons. The molecule has 7 aromatic carbocycles. The Balaban J connectivity index is 1.25. The van der Waals surface area contributed by atoms with Crippen LogP contribution in [0, 0.1) is 0 Å². The van der Waals surface area contributed by atoms with Gasteiger partial charge in [0.15, 0.2) is 0 Å². The summed E-state index contributed by atoms with van der Waals surface area (Å²) in [6.45, 7) is 0. The van der Waals surface area contributed by atoms with Crippen LogP contribution >= 0.6 is 0 Å². The Kier molecular flexibility index (Phi) is 7.52. The zero-order valence-corrected chi connectivity index (χ0v) is 27.5. The number of hydrogen-bond donors (Lipinski definition) is 0. The molecule has 1 atom stereocenters. The van der Waals surface area contributed by atoms with Gasteiger partial charge >= 0.3 is 0 Å². The van der Waals surface area contributed by atoms with Gasteiger partial charge in [0.1, 0.15) is 0 Å². The minimum absolute atomic E-state index is 0.373. The van der Waals surface area contributed by atoms with Gasteiger partial charge in [-0.2, -0.15) is 0 Å². The molecule has 0 heterocycles. The van der Waals surface area contributed by atoms with Gasteiger partial charge in [0, 0.05) is 22.7 Å². The molecule has 0 aliphatic heterocycles. The Morgan fingerprint density at radius 1 is 0.551 bits per heavy atom. The molecule has 0 saturated carbocycles. The molecule has 49 heavy (non-hydrogen) atoms. The standard InChI is InChI=1S/C48H37N/c1-3-14-34(15-4-1)35-26-28-39(29-27-35)49(48-25-13-20-36-18-7-10-22-42(36)48)40-30-31-45(46(33-40)37-16-5-2-6-17-37)47-32-38-19-8-9-21-41(38)43-23-11-12-24-44(43)47/h1-5,7-16,18-26,28-33,35H,6,17,27H2. The fourth-order valence-corrected chi connectivity index (χ4v) is 7.83. The summed E-state index contributed by atoms with van der Waals surface area (Å²) >= 11 is 0. The lowest BCUT2D eigenvalue weighted by Crippen LogP contribution is -2.18. The van der Waals surface area contributed by atoms with Gasteiger partial charge in [0.25, 0.3) is 0 Å². The second kappa shape index (κ2) is 12.6. The highest BCUT2D eigenvalue weighted by Gasteiger charge is 2.22. The van der Waals surface area contributed by atoms with Crippen molar-refractivity contribution in [3.8, 4) is 11.1 Å². The van der Waals surface area contributed by atoms with E-state index < -0.39 is 0 Å². The molecule has 0 fully saturated rings. The molecule has 1 heteroatoms. The van der Waals surface area contributed by atoms with Crippen LogP contribution in [0.3, 0.4) is 0 Å². The van der Waals surface area contributed by atoms with Crippen molar-refractivity contribution in [1.82, 2.24) is 0 Å². The summed E-state index contributed by atoms with van der Waals surface area (Å²) < 4.78 is 0. The number of hydrogen-bond acceptors (Lipinski definition) is 1. The van der Waals surface area contributed by atoms with Gasteiger partial charge in [0.05, 0.1) is 5.69 Å². The van der Waals surface area contributed by atoms with Crippen molar-refractivity contribution in [2.24, 2.45) is 0 Å². The maximum Gasteiger partial charge on any atom is 0.0539 e. The lowest BCUT2D eigenvalue weighted by atomic mass is 9.86. The zero-order chi connectivity index (χ0) is 32.6. The van der Waals surface area contributed by atoms with Gasteiger partial charge < -0.3 is 4.90 Å². The lowest BCUT2D eigenvalue weighted by molar-refractivity contribution is 0.840. The smallest absolute Gasteiger partial charge is 0.0539 e. The predicted molar refractivity (Wildman–Crippen MR) is 210 cm³/mol. The maximum atomic E-state index is 2.48. The molecule has 0 bridgehead atoms. The van der Waals surface area contributed by atoms with E-state index in [1.165, 1.54) is 77.2 Å². The first kappa shape index (κ1) is 29.2. The number of fused-ring (bicyclic) bond motifs is 4. The first-order valence-corrected chi connectivity index (χ1v) is 17.4. The van der Waals surface area contributed by atoms with E-state index >= 15 is 0 Å². The Hall–Kier alpha value is -5.92. The normalized spacial score (nSPS) is 15.8. The van der Waals surface area contributed by atoms with Gasteiger partial charge in [-0.1, -0.05) is 152 Å². The van der Waals surface area contributed by atoms with Crippen LogP contribution in [0.1, 0.15) is 36.3 Å². The van der Waals surface area contributed by atoms with Crippen LogP contribution < -0.4 is 4.90 Å². The Morgan fingerprint density at radius 2 is 1.29 bits per heavy atom. The molecule has 234 valence electrons. The second-order valence-corrected chi connectivity index (χ2v) is 13.2. The number of anilines is 2. The molecule has 2 aliphatic carbocycles. The van der Waals surface area contributed by atoms with E-state index in [9.17, 15) is 0 Å². The average Bonchev–Trinajstić information content (AvgIpc) is 3.19. The van der Waals surface area contributed by atoms with Gasteiger partial charge in [-0.05, 0) is 104 Å². The third-order valence-corrected chi connectivity index (χ3v) is 10.3. The summed E-state index contributed by atoms with van der Waals surface area (Å²) in [4.78, 5) is 2.48. The zero-order valence-electron chi connectivity index (χ0n) is 27.5. The van der Waals surface area contributed by atoms with Crippen molar-refractivity contribution in [2.75, 3.05) is 4.90 Å². The molecule has 0 spiro atoms. The third kappa shape index (κ3) is 5.38. The highest BCUT2D eigenvalue weighted by Crippen LogP contribution is 2.44. The molecular formula is C48H37N. The van der Waals surface area contributed by atoms with E-state index in [0.717, 1.165) is 19.3 Å². The van der Waals surface area contributed by atoms with E-state index in [4.69, 9.17) is 0 Å². The minimum Gasteiger partial charge on any atom is -0.310 e. The Morgan fingerprint density at radius 3 is 2.08 bits per heavy atom. The number of allylic oxidation sites excluding steroid dienone is 7. The van der Waals surface area contributed by atoms with Crippen molar-refractivity contribution in [1.29, 1.82) is 0 Å². The fraction of sp³-hybridized carbons (Fsp3) is 0.0833. The highest BCUT2D eigenvalue weighted by molar-refractivity contribution is 6.14. The van der Waals surface area contributed by atoms with Crippen LogP contribution in [-0.2, 0) is 0 Å². The van der Waals surface area contributed by atoms with Gasteiger partial charge in [-0.15, -0.1) is 0 Å². The summed E-state index contributed by atoms with van der Waals surface area (Å²) in [5.74, 6) is 0.373. The first-order chi connectivity index (χ1) is 24.3. The molecule has 0 amide bonds. The molecule has 0 N–H and O–H groups in total. The average molecular weight is 628 g/mol. The molecule has 0 aromatic heterocycles. The van der Waals surface area contributed by atoms with Gasteiger partial charge in [-0.3, -0.25) is 0 Å². The largest absolute Gasteiger partial charge is 0.310 e. The van der Waals surface area contributed by atoms with E-state index in [2.05, 4.69) is 187 Å². The van der Waals surface area contributed by atoms with Crippen molar-refractivity contribution >= 4 is 49.3 Å². The molecular weight excluding hydrogens is 591 g/mol. The van der Waals surface area contributed by atoms with Crippen molar-refractivity contribution in [3.05, 3.63) is 199 Å². The molecule has 0 saturated heterocycles. The Labute approximate surface area is 288 Å². The van der Waals surface area contributed by atoms with E-state index in [1.807, 2.05) is 0 Å². The summed E-state index contributed by atoms with van der Waals surface area (Å²) in [5, 5.41) is 7.64. The second-order valence-electron chi connectivity index (χ2n) is 13.2. The fourth-order valence-electron chi connectivity index (χ4n) is 7.83. The van der Waals surface area contributed by atoms with Crippen molar-refractivity contribution in [2.45, 2.75) is 25.2 Å². The van der Waals surface area contributed by atoms with Crippen LogP contribution in [0.5, 0.6) is 0 Å². The molecule has 1 nitrogen and oxygen atoms in total. The number of benzene rings is 7. The SMILES string of the molecule is C1=CCCC(c2cc(N(C3=CCC(c4ccccc4)C=C3)c3cccc4ccccc34)ccc2-c2cc3ccccc3c3ccccc23)=C1. The van der Waals surface area contributed by atoms with Gasteiger partial charge in [-0.25, -0.2) is 0 Å².